The monoisotopic (exact) mass is 1480 g/mol. The summed E-state index contributed by atoms with van der Waals surface area (Å²) >= 11 is 0. The van der Waals surface area contributed by atoms with Crippen LogP contribution in [-0.4, -0.2) is 96.7 Å². The smallest absolute Gasteiger partial charge is 0.462 e. The maximum Gasteiger partial charge on any atom is 0.472 e. The summed E-state index contributed by atoms with van der Waals surface area (Å²) in [6.45, 7) is 9.53. The van der Waals surface area contributed by atoms with E-state index < -0.39 is 97.5 Å². The summed E-state index contributed by atoms with van der Waals surface area (Å²) in [7, 11) is -9.93. The molecule has 0 rings (SSSR count). The standard InChI is InChI=1S/C82H156O17P2/c1-7-9-11-13-15-17-19-21-23-24-25-26-27-28-30-32-36-40-48-54-60-66-81(86)98-77(70-92-79(84)64-58-52-46-39-35-31-29-22-20-18-16-14-12-10-8-2)72-96-100(88,89)94-68-76(83)69-95-101(90,91)97-73-78(71-93-80(85)65-59-53-47-43-42-45-51-57-63-75(5)6)99-82(87)67-61-55-49-41-37-33-34-38-44-50-56-62-74(3)4/h18,20,22,29,74-78,83H,7-17,19,21,23-28,30-73H2,1-6H3,(H,88,89)(H,90,91)/b20-18-,29-22-/t76-,77-,78-/m1/s1. The Labute approximate surface area is 618 Å². The number of carbonyl (C=O) groups is 4. The summed E-state index contributed by atoms with van der Waals surface area (Å²) in [6.07, 6.45) is 66.1. The van der Waals surface area contributed by atoms with E-state index >= 15 is 0 Å². The second-order valence-corrected chi connectivity index (χ2v) is 32.7. The molecule has 0 spiro atoms. The summed E-state index contributed by atoms with van der Waals surface area (Å²) < 4.78 is 68.7. The number of esters is 4. The zero-order chi connectivity index (χ0) is 74.2. The first kappa shape index (κ1) is 98.5. The lowest BCUT2D eigenvalue weighted by molar-refractivity contribution is -0.161. The molecule has 0 aromatic heterocycles. The van der Waals surface area contributed by atoms with Gasteiger partial charge in [0, 0.05) is 25.7 Å². The molecule has 2 unspecified atom stereocenters. The fraction of sp³-hybridized carbons (Fsp3) is 0.902. The molecule has 101 heavy (non-hydrogen) atoms. The van der Waals surface area contributed by atoms with Crippen molar-refractivity contribution in [1.82, 2.24) is 0 Å². The largest absolute Gasteiger partial charge is 0.472 e. The van der Waals surface area contributed by atoms with Crippen LogP contribution in [0.25, 0.3) is 0 Å². The van der Waals surface area contributed by atoms with Crippen LogP contribution in [0.2, 0.25) is 0 Å². The number of phosphoric acid groups is 2. The van der Waals surface area contributed by atoms with Crippen molar-refractivity contribution in [2.45, 2.75) is 426 Å². The predicted molar refractivity (Wildman–Crippen MR) is 414 cm³/mol. The van der Waals surface area contributed by atoms with Gasteiger partial charge in [-0.2, -0.15) is 0 Å². The molecule has 0 radical (unpaired) electrons. The van der Waals surface area contributed by atoms with Crippen LogP contribution in [0.5, 0.6) is 0 Å². The van der Waals surface area contributed by atoms with E-state index in [1.54, 1.807) is 0 Å². The molecule has 3 N–H and O–H groups in total. The van der Waals surface area contributed by atoms with Crippen molar-refractivity contribution in [3.63, 3.8) is 0 Å². The molecule has 0 bridgehead atoms. The van der Waals surface area contributed by atoms with E-state index in [9.17, 15) is 43.2 Å². The molecule has 0 fully saturated rings. The van der Waals surface area contributed by atoms with Gasteiger partial charge in [0.05, 0.1) is 26.4 Å². The first-order valence-corrected chi connectivity index (χ1v) is 44.8. The molecule has 0 heterocycles. The van der Waals surface area contributed by atoms with Crippen LogP contribution >= 0.6 is 15.6 Å². The Hall–Kier alpha value is -2.46. The molecule has 0 aliphatic heterocycles. The van der Waals surface area contributed by atoms with Crippen molar-refractivity contribution in [3.05, 3.63) is 24.3 Å². The third kappa shape index (κ3) is 75.6. The van der Waals surface area contributed by atoms with Gasteiger partial charge < -0.3 is 33.8 Å². The second kappa shape index (κ2) is 73.1. The molecular formula is C82H156O17P2. The number of rotatable bonds is 79. The minimum absolute atomic E-state index is 0.102. The molecule has 0 aliphatic rings. The molecule has 0 saturated carbocycles. The number of hydrogen-bond acceptors (Lipinski definition) is 15. The fourth-order valence-corrected chi connectivity index (χ4v) is 13.8. The third-order valence-corrected chi connectivity index (χ3v) is 20.5. The second-order valence-electron chi connectivity index (χ2n) is 29.8. The topological polar surface area (TPSA) is 237 Å². The molecule has 0 saturated heterocycles. The average Bonchev–Trinajstić information content (AvgIpc) is 0.949. The van der Waals surface area contributed by atoms with Gasteiger partial charge in [-0.1, -0.05) is 355 Å². The predicted octanol–water partition coefficient (Wildman–Crippen LogP) is 24.2. The van der Waals surface area contributed by atoms with Gasteiger partial charge in [-0.25, -0.2) is 9.13 Å². The van der Waals surface area contributed by atoms with Crippen LogP contribution < -0.4 is 0 Å². The van der Waals surface area contributed by atoms with E-state index in [1.165, 1.54) is 205 Å². The van der Waals surface area contributed by atoms with E-state index in [4.69, 9.17) is 37.0 Å². The van der Waals surface area contributed by atoms with E-state index in [0.29, 0.717) is 25.7 Å². The van der Waals surface area contributed by atoms with Gasteiger partial charge in [0.25, 0.3) is 0 Å². The lowest BCUT2D eigenvalue weighted by Crippen LogP contribution is -2.30. The highest BCUT2D eigenvalue weighted by molar-refractivity contribution is 7.47. The molecule has 19 heteroatoms. The van der Waals surface area contributed by atoms with Crippen LogP contribution in [0.4, 0.5) is 0 Å². The average molecular weight is 1480 g/mol. The summed E-state index contributed by atoms with van der Waals surface area (Å²) in [4.78, 5) is 73.0. The van der Waals surface area contributed by atoms with E-state index in [1.807, 2.05) is 0 Å². The van der Waals surface area contributed by atoms with Crippen LogP contribution in [0.15, 0.2) is 24.3 Å². The first-order valence-electron chi connectivity index (χ1n) is 41.8. The van der Waals surface area contributed by atoms with E-state index in [-0.39, 0.29) is 25.7 Å². The Morgan fingerprint density at radius 3 is 0.812 bits per heavy atom. The van der Waals surface area contributed by atoms with Crippen LogP contribution in [0.3, 0.4) is 0 Å². The SMILES string of the molecule is CCCCCC/C=C\C=C/CCCCCCCC(=O)OC[C@H](COP(=O)(O)OC[C@@H](O)COP(=O)(O)OC[C@@H](COC(=O)CCCCCCCCCCC(C)C)OC(=O)CCCCCCCCCCCCCC(C)C)OC(=O)CCCCCCCCCCCCCCCCCCCCCCC. The minimum Gasteiger partial charge on any atom is -0.462 e. The van der Waals surface area contributed by atoms with Crippen LogP contribution in [0.1, 0.15) is 408 Å². The molecule has 596 valence electrons. The maximum atomic E-state index is 13.1. The number of aliphatic hydroxyl groups excluding tert-OH is 1. The number of aliphatic hydroxyl groups is 1. The number of carbonyl (C=O) groups excluding carboxylic acids is 4. The highest BCUT2D eigenvalue weighted by Crippen LogP contribution is 2.45. The molecule has 5 atom stereocenters. The molecule has 0 aliphatic carbocycles. The van der Waals surface area contributed by atoms with Crippen LogP contribution in [0, 0.1) is 11.8 Å². The van der Waals surface area contributed by atoms with Crippen molar-refractivity contribution in [1.29, 1.82) is 0 Å². The first-order chi connectivity index (χ1) is 48.9. The van der Waals surface area contributed by atoms with Gasteiger partial charge in [-0.05, 0) is 63.2 Å². The Morgan fingerprint density at radius 2 is 0.535 bits per heavy atom. The van der Waals surface area contributed by atoms with Crippen molar-refractivity contribution in [3.8, 4) is 0 Å². The molecular weight excluding hydrogens is 1320 g/mol. The Morgan fingerprint density at radius 1 is 0.307 bits per heavy atom. The lowest BCUT2D eigenvalue weighted by Gasteiger charge is -2.21. The van der Waals surface area contributed by atoms with Gasteiger partial charge in [0.1, 0.15) is 19.3 Å². The summed E-state index contributed by atoms with van der Waals surface area (Å²) in [5.74, 6) is -0.651. The summed E-state index contributed by atoms with van der Waals surface area (Å²) in [5.41, 5.74) is 0. The Bertz CT molecular complexity index is 2040. The van der Waals surface area contributed by atoms with Gasteiger partial charge in [0.15, 0.2) is 12.2 Å². The lowest BCUT2D eigenvalue weighted by atomic mass is 10.0. The fourth-order valence-electron chi connectivity index (χ4n) is 12.2. The number of ether oxygens (including phenoxy) is 4. The van der Waals surface area contributed by atoms with Crippen molar-refractivity contribution >= 4 is 39.5 Å². The van der Waals surface area contributed by atoms with Crippen LogP contribution in [-0.2, 0) is 65.4 Å². The van der Waals surface area contributed by atoms with E-state index in [0.717, 1.165) is 121 Å². The minimum atomic E-state index is -4.97. The molecule has 0 aromatic carbocycles. The van der Waals surface area contributed by atoms with Gasteiger partial charge in [-0.15, -0.1) is 0 Å². The Kier molecular flexibility index (Phi) is 71.3. The van der Waals surface area contributed by atoms with Crippen molar-refractivity contribution in [2.24, 2.45) is 11.8 Å². The quantitative estimate of drug-likeness (QED) is 0.0169. The number of allylic oxidation sites excluding steroid dienone is 4. The third-order valence-electron chi connectivity index (χ3n) is 18.6. The highest BCUT2D eigenvalue weighted by Gasteiger charge is 2.30. The zero-order valence-electron chi connectivity index (χ0n) is 65.7. The highest BCUT2D eigenvalue weighted by atomic mass is 31.2. The number of hydrogen-bond donors (Lipinski definition) is 3. The zero-order valence-corrected chi connectivity index (χ0v) is 67.5. The van der Waals surface area contributed by atoms with E-state index in [2.05, 4.69) is 65.8 Å². The molecule has 0 aromatic rings. The number of phosphoric ester groups is 2. The van der Waals surface area contributed by atoms with Crippen molar-refractivity contribution in [2.75, 3.05) is 39.6 Å². The van der Waals surface area contributed by atoms with Gasteiger partial charge >= 0.3 is 39.5 Å². The Balaban J connectivity index is 5.26. The van der Waals surface area contributed by atoms with Crippen molar-refractivity contribution < 1.29 is 80.2 Å². The van der Waals surface area contributed by atoms with Gasteiger partial charge in [0.2, 0.25) is 0 Å². The molecule has 17 nitrogen and oxygen atoms in total. The normalized spacial score (nSPS) is 14.0. The summed E-state index contributed by atoms with van der Waals surface area (Å²) in [5, 5.41) is 10.6. The number of unbranched alkanes of at least 4 members (excludes halogenated alkanes) is 46. The molecule has 0 amide bonds. The van der Waals surface area contributed by atoms with Gasteiger partial charge in [-0.3, -0.25) is 37.3 Å². The summed E-state index contributed by atoms with van der Waals surface area (Å²) in [6, 6.07) is 0. The maximum absolute atomic E-state index is 13.1.